The number of nitrogens with one attached hydrogen (secondary N) is 1. The number of fused-ring (bicyclic) bond motifs is 1. The summed E-state index contributed by atoms with van der Waals surface area (Å²) in [6.07, 6.45) is 3.93. The van der Waals surface area contributed by atoms with Crippen molar-refractivity contribution < 1.29 is 4.98 Å². The normalized spacial score (nSPS) is 9.09. The second kappa shape index (κ2) is 3.12. The first kappa shape index (κ1) is 7.69. The van der Waals surface area contributed by atoms with Gasteiger partial charge in [-0.1, -0.05) is 18.2 Å². The molecule has 1 aromatic carbocycles. The van der Waals surface area contributed by atoms with Crippen LogP contribution >= 0.6 is 0 Å². The number of hydrogen-bond donors (Lipinski definition) is 0. The number of hydrogen-bond acceptors (Lipinski definition) is 0. The van der Waals surface area contributed by atoms with Crippen molar-refractivity contribution in [2.75, 3.05) is 0 Å². The van der Waals surface area contributed by atoms with Gasteiger partial charge in [-0.2, -0.15) is 0 Å². The van der Waals surface area contributed by atoms with Crippen molar-refractivity contribution in [2.45, 2.75) is 0 Å². The minimum absolute atomic E-state index is 0. The van der Waals surface area contributed by atoms with Crippen molar-refractivity contribution in [1.82, 2.24) is 0 Å². The van der Waals surface area contributed by atoms with E-state index in [0.29, 0.717) is 0 Å². The molecule has 2 nitrogen and oxygen atoms in total. The molecule has 2 aromatic rings. The van der Waals surface area contributed by atoms with Gasteiger partial charge in [-0.3, -0.25) is 0 Å². The molecule has 11 heavy (non-hydrogen) atoms. The number of benzene rings is 1. The molecule has 0 saturated heterocycles. The van der Waals surface area contributed by atoms with Gasteiger partial charge in [0.1, 0.15) is 0 Å². The summed E-state index contributed by atoms with van der Waals surface area (Å²) in [5.41, 5.74) is 0. The number of pyridine rings is 1. The predicted molar refractivity (Wildman–Crippen MR) is 45.8 cm³/mol. The Morgan fingerprint density at radius 2 is 1.64 bits per heavy atom. The highest BCUT2D eigenvalue weighted by atomic mass is 14.6. The van der Waals surface area contributed by atoms with Gasteiger partial charge in [0.15, 0.2) is 12.4 Å². The van der Waals surface area contributed by atoms with Crippen molar-refractivity contribution in [3.8, 4) is 0 Å². The third-order valence-electron chi connectivity index (χ3n) is 1.59. The molecule has 56 valence electrons. The molecule has 1 aromatic heterocycles. The monoisotopic (exact) mass is 146 g/mol. The van der Waals surface area contributed by atoms with Crippen molar-refractivity contribution in [3.63, 3.8) is 0 Å². The summed E-state index contributed by atoms with van der Waals surface area (Å²) in [6, 6.07) is 10.3. The summed E-state index contributed by atoms with van der Waals surface area (Å²) in [6.45, 7) is 0. The van der Waals surface area contributed by atoms with E-state index >= 15 is 0 Å². The Bertz CT molecular complexity index is 279. The lowest BCUT2D eigenvalue weighted by Gasteiger charge is -1.88. The molecule has 0 atom stereocenters. The third kappa shape index (κ3) is 1.36. The van der Waals surface area contributed by atoms with E-state index in [2.05, 4.69) is 23.2 Å². The number of nitrogens with two attached hydrogens (primary N) is 1. The van der Waals surface area contributed by atoms with E-state index in [-0.39, 0.29) is 6.15 Å². The van der Waals surface area contributed by atoms with Crippen molar-refractivity contribution in [2.24, 2.45) is 0 Å². The van der Waals surface area contributed by atoms with Crippen LogP contribution in [0.4, 0.5) is 0 Å². The SMILES string of the molecule is [NH2-].c1ccc2c[nH+]ccc2c1. The maximum absolute atomic E-state index is 3.04. The zero-order valence-corrected chi connectivity index (χ0v) is 6.12. The van der Waals surface area contributed by atoms with Crippen LogP contribution in [0, 0.1) is 0 Å². The molecule has 0 spiro atoms. The van der Waals surface area contributed by atoms with Gasteiger partial charge in [0, 0.05) is 11.5 Å². The lowest BCUT2D eigenvalue weighted by atomic mass is 10.2. The molecule has 0 aliphatic heterocycles. The molecule has 0 aliphatic rings. The average molecular weight is 146 g/mol. The fraction of sp³-hybridized carbons (Fsp3) is 0. The van der Waals surface area contributed by atoms with Crippen LogP contribution in [0.25, 0.3) is 16.9 Å². The average Bonchev–Trinajstić information content (AvgIpc) is 2.05. The minimum atomic E-state index is 0. The van der Waals surface area contributed by atoms with Crippen molar-refractivity contribution in [1.29, 1.82) is 0 Å². The molecule has 0 fully saturated rings. The topological polar surface area (TPSA) is 47.6 Å². The van der Waals surface area contributed by atoms with Gasteiger partial charge in [-0.15, -0.1) is 0 Å². The van der Waals surface area contributed by atoms with Crippen molar-refractivity contribution in [3.05, 3.63) is 48.9 Å². The second-order valence-corrected chi connectivity index (χ2v) is 2.27. The largest absolute Gasteiger partial charge is 0.693 e. The van der Waals surface area contributed by atoms with Gasteiger partial charge in [0.25, 0.3) is 0 Å². The molecule has 0 bridgehead atoms. The minimum Gasteiger partial charge on any atom is -0.693 e. The molecule has 0 aliphatic carbocycles. The smallest absolute Gasteiger partial charge is 0.174 e. The first-order valence-electron chi connectivity index (χ1n) is 3.32. The zero-order valence-electron chi connectivity index (χ0n) is 6.12. The van der Waals surface area contributed by atoms with E-state index in [4.69, 9.17) is 0 Å². The molecule has 1 heterocycles. The van der Waals surface area contributed by atoms with Crippen LogP contribution in [-0.2, 0) is 0 Å². The molecule has 2 rings (SSSR count). The van der Waals surface area contributed by atoms with E-state index in [1.807, 2.05) is 24.5 Å². The summed E-state index contributed by atoms with van der Waals surface area (Å²) >= 11 is 0. The summed E-state index contributed by atoms with van der Waals surface area (Å²) in [5, 5.41) is 2.53. The Hall–Kier alpha value is -1.41. The predicted octanol–water partition coefficient (Wildman–Crippen LogP) is 2.37. The summed E-state index contributed by atoms with van der Waals surface area (Å²) in [4.78, 5) is 3.04. The van der Waals surface area contributed by atoms with E-state index in [1.165, 1.54) is 10.8 Å². The van der Waals surface area contributed by atoms with Gasteiger partial charge < -0.3 is 6.15 Å². The molecular formula is C9H10N2. The zero-order chi connectivity index (χ0) is 6.81. The van der Waals surface area contributed by atoms with Gasteiger partial charge in [-0.05, 0) is 11.5 Å². The maximum atomic E-state index is 3.04. The Morgan fingerprint density at radius 1 is 0.909 bits per heavy atom. The number of H-pyrrole nitrogens is 1. The molecule has 0 saturated carbocycles. The fourth-order valence-corrected chi connectivity index (χ4v) is 1.07. The second-order valence-electron chi connectivity index (χ2n) is 2.27. The first-order chi connectivity index (χ1) is 4.97. The van der Waals surface area contributed by atoms with Gasteiger partial charge in [0.2, 0.25) is 0 Å². The van der Waals surface area contributed by atoms with Crippen LogP contribution in [0.1, 0.15) is 0 Å². The van der Waals surface area contributed by atoms with E-state index < -0.39 is 0 Å². The Morgan fingerprint density at radius 3 is 2.36 bits per heavy atom. The van der Waals surface area contributed by atoms with Crippen LogP contribution in [0.3, 0.4) is 0 Å². The quantitative estimate of drug-likeness (QED) is 0.548. The molecular weight excluding hydrogens is 136 g/mol. The number of rotatable bonds is 0. The highest BCUT2D eigenvalue weighted by Gasteiger charge is 1.90. The molecule has 2 heteroatoms. The highest BCUT2D eigenvalue weighted by molar-refractivity contribution is 5.80. The Labute approximate surface area is 65.5 Å². The highest BCUT2D eigenvalue weighted by Crippen LogP contribution is 2.08. The summed E-state index contributed by atoms with van der Waals surface area (Å²) < 4.78 is 0. The van der Waals surface area contributed by atoms with Crippen LogP contribution in [0.15, 0.2) is 42.7 Å². The fourth-order valence-electron chi connectivity index (χ4n) is 1.07. The summed E-state index contributed by atoms with van der Waals surface area (Å²) in [7, 11) is 0. The lowest BCUT2D eigenvalue weighted by molar-refractivity contribution is -0.375. The summed E-state index contributed by atoms with van der Waals surface area (Å²) in [5.74, 6) is 0. The first-order valence-corrected chi connectivity index (χ1v) is 3.32. The van der Waals surface area contributed by atoms with Crippen LogP contribution in [0.2, 0.25) is 0 Å². The molecule has 0 amide bonds. The third-order valence-corrected chi connectivity index (χ3v) is 1.59. The molecule has 0 radical (unpaired) electrons. The van der Waals surface area contributed by atoms with Crippen LogP contribution in [-0.4, -0.2) is 0 Å². The number of aromatic amines is 1. The standard InChI is InChI=1S/C9H7N.H2N/c1-2-4-9-7-10-6-5-8(9)3-1;/h1-7H;1H2/q;-1/p+1. The molecule has 3 N–H and O–H groups in total. The van der Waals surface area contributed by atoms with Crippen molar-refractivity contribution >= 4 is 10.8 Å². The Kier molecular flexibility index (Phi) is 2.18. The van der Waals surface area contributed by atoms with Crippen LogP contribution < -0.4 is 4.98 Å². The van der Waals surface area contributed by atoms with Crippen LogP contribution in [0.5, 0.6) is 0 Å². The van der Waals surface area contributed by atoms with E-state index in [1.54, 1.807) is 0 Å². The van der Waals surface area contributed by atoms with E-state index in [9.17, 15) is 0 Å². The van der Waals surface area contributed by atoms with Gasteiger partial charge in [-0.25, -0.2) is 4.98 Å². The lowest BCUT2D eigenvalue weighted by Crippen LogP contribution is -1.96. The maximum Gasteiger partial charge on any atom is 0.174 e. The van der Waals surface area contributed by atoms with E-state index in [0.717, 1.165) is 0 Å². The van der Waals surface area contributed by atoms with Gasteiger partial charge >= 0.3 is 0 Å². The Balaban J connectivity index is 0.000000605. The number of aromatic nitrogens is 1. The van der Waals surface area contributed by atoms with Gasteiger partial charge in [0.05, 0.1) is 0 Å². The molecule has 0 unspecified atom stereocenters.